The average molecular weight is 280 g/mol. The van der Waals surface area contributed by atoms with Crippen LogP contribution in [0, 0.1) is 6.92 Å². The predicted molar refractivity (Wildman–Crippen MR) is 75.2 cm³/mol. The van der Waals surface area contributed by atoms with Gasteiger partial charge in [0.15, 0.2) is 0 Å². The van der Waals surface area contributed by atoms with Crippen molar-refractivity contribution < 1.29 is 5.11 Å². The minimum atomic E-state index is -0.614. The minimum absolute atomic E-state index is 0.444. The molecule has 0 spiro atoms. The standard InChI is InChI=1S/C14H18ClN3O/c1-3-4-18-14(16-9-17-18)8-13(19)11-5-10(2)6-12(15)7-11/h5-7,9,13,19H,3-4,8H2,1-2H3. The van der Waals surface area contributed by atoms with Gasteiger partial charge >= 0.3 is 0 Å². The molecule has 5 heteroatoms. The summed E-state index contributed by atoms with van der Waals surface area (Å²) in [4.78, 5) is 4.20. The Balaban J connectivity index is 2.15. The molecule has 0 saturated heterocycles. The summed E-state index contributed by atoms with van der Waals surface area (Å²) >= 11 is 6.01. The normalized spacial score (nSPS) is 12.6. The fraction of sp³-hybridized carbons (Fsp3) is 0.429. The molecule has 0 saturated carbocycles. The van der Waals surface area contributed by atoms with Gasteiger partial charge < -0.3 is 5.11 Å². The Labute approximate surface area is 118 Å². The van der Waals surface area contributed by atoms with Gasteiger partial charge in [0.05, 0.1) is 6.10 Å². The topological polar surface area (TPSA) is 50.9 Å². The first-order chi connectivity index (χ1) is 9.10. The zero-order chi connectivity index (χ0) is 13.8. The molecule has 1 heterocycles. The predicted octanol–water partition coefficient (Wildman–Crippen LogP) is 2.93. The minimum Gasteiger partial charge on any atom is -0.388 e. The smallest absolute Gasteiger partial charge is 0.138 e. The first kappa shape index (κ1) is 14.0. The third-order valence-corrected chi connectivity index (χ3v) is 3.17. The molecule has 19 heavy (non-hydrogen) atoms. The molecule has 2 aromatic rings. The van der Waals surface area contributed by atoms with Crippen molar-refractivity contribution in [1.29, 1.82) is 0 Å². The van der Waals surface area contributed by atoms with Crippen LogP contribution in [0.1, 0.15) is 36.4 Å². The molecular weight excluding hydrogens is 262 g/mol. The maximum Gasteiger partial charge on any atom is 0.138 e. The third-order valence-electron chi connectivity index (χ3n) is 2.96. The fourth-order valence-corrected chi connectivity index (χ4v) is 2.39. The molecule has 0 amide bonds. The number of halogens is 1. The number of aliphatic hydroxyl groups is 1. The number of benzene rings is 1. The summed E-state index contributed by atoms with van der Waals surface area (Å²) in [6, 6.07) is 5.61. The van der Waals surface area contributed by atoms with Gasteiger partial charge in [-0.05, 0) is 36.6 Å². The van der Waals surface area contributed by atoms with Crippen LogP contribution >= 0.6 is 11.6 Å². The molecule has 1 atom stereocenters. The molecule has 4 nitrogen and oxygen atoms in total. The number of nitrogens with zero attached hydrogens (tertiary/aromatic N) is 3. The zero-order valence-electron chi connectivity index (χ0n) is 11.2. The van der Waals surface area contributed by atoms with Crippen molar-refractivity contribution in [3.05, 3.63) is 46.5 Å². The molecule has 2 rings (SSSR count). The second-order valence-electron chi connectivity index (χ2n) is 4.68. The SMILES string of the molecule is CCCn1ncnc1CC(O)c1cc(C)cc(Cl)c1. The van der Waals surface area contributed by atoms with E-state index >= 15 is 0 Å². The highest BCUT2D eigenvalue weighted by Crippen LogP contribution is 2.22. The fourth-order valence-electron chi connectivity index (χ4n) is 2.09. The first-order valence-corrected chi connectivity index (χ1v) is 6.79. The molecule has 1 N–H and O–H groups in total. The molecule has 1 aromatic carbocycles. The molecule has 0 aliphatic rings. The monoisotopic (exact) mass is 279 g/mol. The molecule has 1 unspecified atom stereocenters. The van der Waals surface area contributed by atoms with Gasteiger partial charge in [0.1, 0.15) is 12.2 Å². The van der Waals surface area contributed by atoms with Crippen LogP contribution in [0.4, 0.5) is 0 Å². The Bertz CT molecular complexity index is 533. The van der Waals surface area contributed by atoms with Crippen molar-refractivity contribution in [3.8, 4) is 0 Å². The Hall–Kier alpha value is -1.39. The summed E-state index contributed by atoms with van der Waals surface area (Å²) < 4.78 is 1.83. The van der Waals surface area contributed by atoms with E-state index in [0.717, 1.165) is 29.9 Å². The summed E-state index contributed by atoms with van der Waals surface area (Å²) in [5, 5.41) is 15.1. The maximum absolute atomic E-state index is 10.3. The van der Waals surface area contributed by atoms with E-state index in [-0.39, 0.29) is 0 Å². The van der Waals surface area contributed by atoms with E-state index in [2.05, 4.69) is 17.0 Å². The van der Waals surface area contributed by atoms with Gasteiger partial charge in [-0.25, -0.2) is 4.98 Å². The summed E-state index contributed by atoms with van der Waals surface area (Å²) in [5.74, 6) is 0.798. The Morgan fingerprint density at radius 1 is 1.37 bits per heavy atom. The Kier molecular flexibility index (Phi) is 4.56. The second-order valence-corrected chi connectivity index (χ2v) is 5.12. The molecule has 0 fully saturated rings. The highest BCUT2D eigenvalue weighted by molar-refractivity contribution is 6.30. The van der Waals surface area contributed by atoms with E-state index in [1.54, 1.807) is 6.07 Å². The highest BCUT2D eigenvalue weighted by atomic mass is 35.5. The van der Waals surface area contributed by atoms with Crippen molar-refractivity contribution >= 4 is 11.6 Å². The zero-order valence-corrected chi connectivity index (χ0v) is 11.9. The second kappa shape index (κ2) is 6.17. The lowest BCUT2D eigenvalue weighted by Crippen LogP contribution is -2.10. The lowest BCUT2D eigenvalue weighted by Gasteiger charge is -2.12. The Morgan fingerprint density at radius 3 is 2.84 bits per heavy atom. The highest BCUT2D eigenvalue weighted by Gasteiger charge is 2.14. The summed E-state index contributed by atoms with van der Waals surface area (Å²) in [5.41, 5.74) is 1.85. The van der Waals surface area contributed by atoms with Gasteiger partial charge in [-0.3, -0.25) is 4.68 Å². The van der Waals surface area contributed by atoms with Gasteiger partial charge in [-0.2, -0.15) is 5.10 Å². The number of aliphatic hydroxyl groups excluding tert-OH is 1. The quantitative estimate of drug-likeness (QED) is 0.915. The number of hydrogen-bond acceptors (Lipinski definition) is 3. The summed E-state index contributed by atoms with van der Waals surface area (Å²) in [6.45, 7) is 4.86. The molecular formula is C14H18ClN3O. The van der Waals surface area contributed by atoms with Crippen LogP contribution in [0.15, 0.2) is 24.5 Å². The van der Waals surface area contributed by atoms with Crippen molar-refractivity contribution in [1.82, 2.24) is 14.8 Å². The number of aryl methyl sites for hydroxylation is 2. The summed E-state index contributed by atoms with van der Waals surface area (Å²) in [6.07, 6.45) is 2.35. The van der Waals surface area contributed by atoms with Crippen LogP contribution in [0.25, 0.3) is 0 Å². The van der Waals surface area contributed by atoms with Crippen molar-refractivity contribution in [2.75, 3.05) is 0 Å². The number of rotatable bonds is 5. The third kappa shape index (κ3) is 3.55. The van der Waals surface area contributed by atoms with Gasteiger partial charge in [-0.1, -0.05) is 24.6 Å². The van der Waals surface area contributed by atoms with E-state index in [9.17, 15) is 5.11 Å². The van der Waals surface area contributed by atoms with Crippen LogP contribution < -0.4 is 0 Å². The van der Waals surface area contributed by atoms with Crippen molar-refractivity contribution in [2.24, 2.45) is 0 Å². The molecule has 0 aliphatic heterocycles. The molecule has 0 radical (unpaired) electrons. The van der Waals surface area contributed by atoms with E-state index in [4.69, 9.17) is 11.6 Å². The van der Waals surface area contributed by atoms with Gasteiger partial charge in [-0.15, -0.1) is 0 Å². The lowest BCUT2D eigenvalue weighted by molar-refractivity contribution is 0.174. The van der Waals surface area contributed by atoms with E-state index in [1.807, 2.05) is 23.7 Å². The molecule has 0 bridgehead atoms. The molecule has 0 aliphatic carbocycles. The maximum atomic E-state index is 10.3. The summed E-state index contributed by atoms with van der Waals surface area (Å²) in [7, 11) is 0. The van der Waals surface area contributed by atoms with Crippen LogP contribution in [-0.2, 0) is 13.0 Å². The number of aromatic nitrogens is 3. The Morgan fingerprint density at radius 2 is 2.16 bits per heavy atom. The molecule has 1 aromatic heterocycles. The largest absolute Gasteiger partial charge is 0.388 e. The average Bonchev–Trinajstić information content (AvgIpc) is 2.76. The van der Waals surface area contributed by atoms with Gasteiger partial charge in [0, 0.05) is 18.0 Å². The number of hydrogen-bond donors (Lipinski definition) is 1. The van der Waals surface area contributed by atoms with Gasteiger partial charge in [0.25, 0.3) is 0 Å². The molecule has 102 valence electrons. The van der Waals surface area contributed by atoms with Crippen molar-refractivity contribution in [3.63, 3.8) is 0 Å². The van der Waals surface area contributed by atoms with Crippen LogP contribution in [0.3, 0.4) is 0 Å². The van der Waals surface area contributed by atoms with Gasteiger partial charge in [0.2, 0.25) is 0 Å². The van der Waals surface area contributed by atoms with Crippen LogP contribution in [0.2, 0.25) is 5.02 Å². The van der Waals surface area contributed by atoms with Crippen LogP contribution in [0.5, 0.6) is 0 Å². The van der Waals surface area contributed by atoms with E-state index in [1.165, 1.54) is 6.33 Å². The van der Waals surface area contributed by atoms with E-state index in [0.29, 0.717) is 11.4 Å². The lowest BCUT2D eigenvalue weighted by atomic mass is 10.0. The first-order valence-electron chi connectivity index (χ1n) is 6.42. The van der Waals surface area contributed by atoms with Crippen LogP contribution in [-0.4, -0.2) is 19.9 Å². The van der Waals surface area contributed by atoms with E-state index < -0.39 is 6.10 Å². The van der Waals surface area contributed by atoms with Crippen molar-refractivity contribution in [2.45, 2.75) is 39.3 Å².